The number of benzene rings is 1. The fourth-order valence-electron chi connectivity index (χ4n) is 1.78. The quantitative estimate of drug-likeness (QED) is 0.835. The number of methoxy groups -OCH3 is 1. The van der Waals surface area contributed by atoms with E-state index in [1.807, 2.05) is 0 Å². The highest BCUT2D eigenvalue weighted by molar-refractivity contribution is 5.46. The fourth-order valence-corrected chi connectivity index (χ4v) is 1.78. The lowest BCUT2D eigenvalue weighted by Gasteiger charge is -2.19. The Balaban J connectivity index is 2.08. The first-order chi connectivity index (χ1) is 7.70. The Morgan fingerprint density at radius 2 is 2.19 bits per heavy atom. The molecule has 2 nitrogen and oxygen atoms in total. The van der Waals surface area contributed by atoms with Crippen LogP contribution in [0.3, 0.4) is 0 Å². The monoisotopic (exact) mass is 227 g/mol. The lowest BCUT2D eigenvalue weighted by molar-refractivity contribution is 0.179. The van der Waals surface area contributed by atoms with Crippen LogP contribution in [0.15, 0.2) is 18.2 Å². The van der Waals surface area contributed by atoms with E-state index < -0.39 is 11.6 Å². The van der Waals surface area contributed by atoms with Crippen molar-refractivity contribution in [3.05, 3.63) is 29.8 Å². The van der Waals surface area contributed by atoms with Gasteiger partial charge in [-0.15, -0.1) is 0 Å². The summed E-state index contributed by atoms with van der Waals surface area (Å²) < 4.78 is 31.4. The molecule has 0 spiro atoms. The summed E-state index contributed by atoms with van der Waals surface area (Å²) >= 11 is 0. The van der Waals surface area contributed by atoms with Gasteiger partial charge >= 0.3 is 0 Å². The molecule has 0 radical (unpaired) electrons. The topological polar surface area (TPSA) is 21.3 Å². The van der Waals surface area contributed by atoms with Gasteiger partial charge in [-0.25, -0.2) is 8.78 Å². The Morgan fingerprint density at radius 3 is 2.81 bits per heavy atom. The van der Waals surface area contributed by atoms with E-state index in [1.54, 1.807) is 7.11 Å². The van der Waals surface area contributed by atoms with E-state index in [0.29, 0.717) is 12.5 Å². The Bertz CT molecular complexity index is 366. The van der Waals surface area contributed by atoms with Crippen molar-refractivity contribution in [1.82, 2.24) is 0 Å². The summed E-state index contributed by atoms with van der Waals surface area (Å²) in [4.78, 5) is 0. The van der Waals surface area contributed by atoms with Crippen LogP contribution in [0.2, 0.25) is 0 Å². The molecule has 0 amide bonds. The smallest absolute Gasteiger partial charge is 0.146 e. The molecule has 1 fully saturated rings. The highest BCUT2D eigenvalue weighted by Gasteiger charge is 2.31. The molecule has 0 bridgehead atoms. The third-order valence-electron chi connectivity index (χ3n) is 2.81. The predicted octanol–water partition coefficient (Wildman–Crippen LogP) is 2.80. The molecule has 1 saturated carbocycles. The lowest BCUT2D eigenvalue weighted by atomic mass is 10.2. The molecule has 1 aromatic carbocycles. The van der Waals surface area contributed by atoms with E-state index in [1.165, 1.54) is 6.07 Å². The van der Waals surface area contributed by atoms with Crippen LogP contribution in [0, 0.1) is 17.6 Å². The van der Waals surface area contributed by atoms with Crippen molar-refractivity contribution in [2.24, 2.45) is 5.92 Å². The zero-order valence-corrected chi connectivity index (χ0v) is 9.17. The summed E-state index contributed by atoms with van der Waals surface area (Å²) in [5.74, 6) is -0.346. The van der Waals surface area contributed by atoms with Gasteiger partial charge < -0.3 is 10.1 Å². The number of halogens is 2. The van der Waals surface area contributed by atoms with Crippen molar-refractivity contribution in [3.63, 3.8) is 0 Å². The first kappa shape index (κ1) is 11.3. The number of anilines is 1. The maximum Gasteiger partial charge on any atom is 0.146 e. The third kappa shape index (κ3) is 2.70. The van der Waals surface area contributed by atoms with Crippen molar-refractivity contribution in [2.75, 3.05) is 19.0 Å². The fraction of sp³-hybridized carbons (Fsp3) is 0.500. The first-order valence-corrected chi connectivity index (χ1v) is 5.41. The van der Waals surface area contributed by atoms with Crippen LogP contribution in [0.4, 0.5) is 14.5 Å². The molecule has 16 heavy (non-hydrogen) atoms. The Morgan fingerprint density at radius 1 is 1.44 bits per heavy atom. The molecular weight excluding hydrogens is 212 g/mol. The Kier molecular flexibility index (Phi) is 3.39. The zero-order valence-electron chi connectivity index (χ0n) is 9.17. The molecular formula is C12H15F2NO. The molecule has 1 unspecified atom stereocenters. The van der Waals surface area contributed by atoms with E-state index in [2.05, 4.69) is 5.32 Å². The van der Waals surface area contributed by atoms with Crippen LogP contribution in [0.25, 0.3) is 0 Å². The van der Waals surface area contributed by atoms with Crippen LogP contribution in [0.5, 0.6) is 0 Å². The second-order valence-corrected chi connectivity index (χ2v) is 4.17. The van der Waals surface area contributed by atoms with Crippen LogP contribution >= 0.6 is 0 Å². The van der Waals surface area contributed by atoms with Crippen LogP contribution in [-0.4, -0.2) is 19.8 Å². The summed E-state index contributed by atoms with van der Waals surface area (Å²) in [6, 6.07) is 3.50. The van der Waals surface area contributed by atoms with Gasteiger partial charge in [-0.1, -0.05) is 0 Å². The highest BCUT2D eigenvalue weighted by Crippen LogP contribution is 2.34. The minimum Gasteiger partial charge on any atom is -0.383 e. The molecule has 4 heteroatoms. The molecule has 0 heterocycles. The third-order valence-corrected chi connectivity index (χ3v) is 2.81. The molecule has 88 valence electrons. The summed E-state index contributed by atoms with van der Waals surface area (Å²) in [6.07, 6.45) is 2.25. The minimum absolute atomic E-state index is 0.0706. The Hall–Kier alpha value is -1.16. The van der Waals surface area contributed by atoms with E-state index in [-0.39, 0.29) is 11.7 Å². The number of hydrogen-bond acceptors (Lipinski definition) is 2. The maximum atomic E-state index is 13.4. The SMILES string of the molecule is COCC(Nc1cc(F)ccc1F)C1CC1. The van der Waals surface area contributed by atoms with Gasteiger partial charge in [0.15, 0.2) is 0 Å². The first-order valence-electron chi connectivity index (χ1n) is 5.41. The maximum absolute atomic E-state index is 13.4. The molecule has 1 aromatic rings. The second-order valence-electron chi connectivity index (χ2n) is 4.17. The summed E-state index contributed by atoms with van der Waals surface area (Å²) in [5, 5.41) is 3.01. The average molecular weight is 227 g/mol. The highest BCUT2D eigenvalue weighted by atomic mass is 19.1. The van der Waals surface area contributed by atoms with Crippen LogP contribution < -0.4 is 5.32 Å². The van der Waals surface area contributed by atoms with Crippen LogP contribution in [0.1, 0.15) is 12.8 Å². The van der Waals surface area contributed by atoms with Gasteiger partial charge in [-0.2, -0.15) is 0 Å². The predicted molar refractivity (Wildman–Crippen MR) is 58.4 cm³/mol. The number of nitrogens with one attached hydrogen (secondary N) is 1. The molecule has 1 aliphatic carbocycles. The number of hydrogen-bond donors (Lipinski definition) is 1. The molecule has 1 atom stereocenters. The minimum atomic E-state index is -0.434. The van der Waals surface area contributed by atoms with E-state index in [9.17, 15) is 8.78 Å². The van der Waals surface area contributed by atoms with Gasteiger partial charge in [-0.3, -0.25) is 0 Å². The molecule has 0 aromatic heterocycles. The van der Waals surface area contributed by atoms with Gasteiger partial charge in [-0.05, 0) is 37.0 Å². The average Bonchev–Trinajstić information content (AvgIpc) is 3.06. The van der Waals surface area contributed by atoms with Crippen molar-refractivity contribution in [3.8, 4) is 0 Å². The van der Waals surface area contributed by atoms with Gasteiger partial charge in [0.25, 0.3) is 0 Å². The van der Waals surface area contributed by atoms with E-state index in [4.69, 9.17) is 4.74 Å². The molecule has 0 aliphatic heterocycles. The van der Waals surface area contributed by atoms with E-state index in [0.717, 1.165) is 25.0 Å². The van der Waals surface area contributed by atoms with Gasteiger partial charge in [0, 0.05) is 7.11 Å². The van der Waals surface area contributed by atoms with Crippen molar-refractivity contribution >= 4 is 5.69 Å². The summed E-state index contributed by atoms with van der Waals surface area (Å²) in [5.41, 5.74) is 0.217. The summed E-state index contributed by atoms with van der Waals surface area (Å²) in [7, 11) is 1.61. The Labute approximate surface area is 93.6 Å². The molecule has 1 aliphatic rings. The largest absolute Gasteiger partial charge is 0.383 e. The molecule has 0 saturated heterocycles. The van der Waals surface area contributed by atoms with E-state index >= 15 is 0 Å². The molecule has 2 rings (SSSR count). The normalized spacial score (nSPS) is 17.2. The second kappa shape index (κ2) is 4.78. The van der Waals surface area contributed by atoms with Crippen LogP contribution in [-0.2, 0) is 4.74 Å². The lowest BCUT2D eigenvalue weighted by Crippen LogP contribution is -2.27. The standard InChI is InChI=1S/C12H15F2NO/c1-16-7-12(8-2-3-8)15-11-6-9(13)4-5-10(11)14/h4-6,8,12,15H,2-3,7H2,1H3. The number of ether oxygens (including phenoxy) is 1. The molecule has 1 N–H and O–H groups in total. The van der Waals surface area contributed by atoms with Gasteiger partial charge in [0.1, 0.15) is 11.6 Å². The van der Waals surface area contributed by atoms with Gasteiger partial charge in [0.2, 0.25) is 0 Å². The van der Waals surface area contributed by atoms with Gasteiger partial charge in [0.05, 0.1) is 18.3 Å². The van der Waals surface area contributed by atoms with Crippen molar-refractivity contribution in [2.45, 2.75) is 18.9 Å². The van der Waals surface area contributed by atoms with Crippen molar-refractivity contribution in [1.29, 1.82) is 0 Å². The zero-order chi connectivity index (χ0) is 11.5. The number of rotatable bonds is 5. The van der Waals surface area contributed by atoms with Crippen molar-refractivity contribution < 1.29 is 13.5 Å². The summed E-state index contributed by atoms with van der Waals surface area (Å²) in [6.45, 7) is 0.515.